The molecular formula is C24H28ClN3O2. The number of carbonyl (C=O) groups is 1. The zero-order valence-electron chi connectivity index (χ0n) is 18.1. The highest BCUT2D eigenvalue weighted by Gasteiger charge is 2.32. The van der Waals surface area contributed by atoms with Crippen molar-refractivity contribution in [3.8, 4) is 5.75 Å². The predicted octanol–water partition coefficient (Wildman–Crippen LogP) is 5.28. The summed E-state index contributed by atoms with van der Waals surface area (Å²) in [7, 11) is 0. The van der Waals surface area contributed by atoms with Gasteiger partial charge in [-0.25, -0.2) is 5.43 Å². The Balaban J connectivity index is 1.67. The first-order valence-electron chi connectivity index (χ1n) is 10.0. The Kier molecular flexibility index (Phi) is 6.52. The number of ether oxygens (including phenoxy) is 1. The van der Waals surface area contributed by atoms with Gasteiger partial charge in [-0.1, -0.05) is 35.9 Å². The van der Waals surface area contributed by atoms with Gasteiger partial charge >= 0.3 is 0 Å². The second kappa shape index (κ2) is 8.92. The molecule has 1 aliphatic rings. The molecular weight excluding hydrogens is 398 g/mol. The number of nitrogens with zero attached hydrogens (tertiary/aromatic N) is 2. The number of hydrogen-bond acceptors (Lipinski definition) is 4. The number of hydrazone groups is 1. The van der Waals surface area contributed by atoms with Crippen LogP contribution < -0.4 is 15.1 Å². The van der Waals surface area contributed by atoms with Gasteiger partial charge in [0.05, 0.1) is 16.8 Å². The van der Waals surface area contributed by atoms with E-state index in [9.17, 15) is 4.79 Å². The molecule has 0 spiro atoms. The van der Waals surface area contributed by atoms with Gasteiger partial charge in [-0.15, -0.1) is 0 Å². The maximum atomic E-state index is 12.0. The van der Waals surface area contributed by atoms with Gasteiger partial charge in [-0.05, 0) is 70.0 Å². The van der Waals surface area contributed by atoms with E-state index in [0.29, 0.717) is 16.8 Å². The van der Waals surface area contributed by atoms with E-state index in [2.05, 4.69) is 68.3 Å². The number of para-hydroxylation sites is 1. The average molecular weight is 426 g/mol. The number of carbonyl (C=O) groups excluding carboxylic acids is 1. The lowest BCUT2D eigenvalue weighted by Gasteiger charge is -2.46. The van der Waals surface area contributed by atoms with Crippen molar-refractivity contribution in [3.63, 3.8) is 0 Å². The molecule has 0 radical (unpaired) electrons. The molecule has 6 heteroatoms. The number of benzene rings is 2. The standard InChI is InChI=1S/C24H28ClN3O2/c1-16(2)28-21-11-10-18(12-19(21)17(3)13-24(28,4)5)14-26-27-23(29)15-30-22-9-7-6-8-20(22)25/h6-14,16H,15H2,1-5H3,(H,27,29)/b26-14-. The number of halogens is 1. The highest BCUT2D eigenvalue weighted by Crippen LogP contribution is 2.40. The predicted molar refractivity (Wildman–Crippen MR) is 124 cm³/mol. The number of nitrogens with one attached hydrogen (secondary N) is 1. The zero-order chi connectivity index (χ0) is 21.9. The van der Waals surface area contributed by atoms with E-state index in [-0.39, 0.29) is 18.1 Å². The van der Waals surface area contributed by atoms with Crippen molar-refractivity contribution >= 4 is 35.0 Å². The quantitative estimate of drug-likeness (QED) is 0.506. The Labute approximate surface area is 183 Å². The molecule has 0 saturated carbocycles. The van der Waals surface area contributed by atoms with Crippen LogP contribution in [0.15, 0.2) is 53.6 Å². The normalized spacial score (nSPS) is 15.2. The Morgan fingerprint density at radius 1 is 1.27 bits per heavy atom. The van der Waals surface area contributed by atoms with Crippen molar-refractivity contribution in [2.75, 3.05) is 11.5 Å². The first-order valence-corrected chi connectivity index (χ1v) is 10.4. The van der Waals surface area contributed by atoms with E-state index in [1.807, 2.05) is 6.07 Å². The molecule has 2 aromatic carbocycles. The number of rotatable bonds is 6. The van der Waals surface area contributed by atoms with Gasteiger partial charge in [0, 0.05) is 17.3 Å². The molecule has 0 bridgehead atoms. The van der Waals surface area contributed by atoms with Crippen molar-refractivity contribution < 1.29 is 9.53 Å². The Bertz CT molecular complexity index is 996. The number of amides is 1. The maximum absolute atomic E-state index is 12.0. The van der Waals surface area contributed by atoms with Crippen molar-refractivity contribution in [3.05, 3.63) is 64.7 Å². The van der Waals surface area contributed by atoms with Crippen LogP contribution in [-0.2, 0) is 4.79 Å². The molecule has 1 aliphatic heterocycles. The van der Waals surface area contributed by atoms with Crippen LogP contribution in [0, 0.1) is 0 Å². The van der Waals surface area contributed by atoms with E-state index < -0.39 is 0 Å². The van der Waals surface area contributed by atoms with Gasteiger partial charge < -0.3 is 9.64 Å². The third kappa shape index (κ3) is 4.85. The smallest absolute Gasteiger partial charge is 0.277 e. The minimum Gasteiger partial charge on any atom is -0.482 e. The summed E-state index contributed by atoms with van der Waals surface area (Å²) in [6.07, 6.45) is 3.94. The van der Waals surface area contributed by atoms with Gasteiger partial charge in [-0.2, -0.15) is 5.10 Å². The Hall–Kier alpha value is -2.79. The lowest BCUT2D eigenvalue weighted by atomic mass is 9.87. The second-order valence-corrected chi connectivity index (χ2v) is 8.64. The average Bonchev–Trinajstić information content (AvgIpc) is 2.67. The zero-order valence-corrected chi connectivity index (χ0v) is 18.8. The molecule has 0 atom stereocenters. The molecule has 0 aromatic heterocycles. The van der Waals surface area contributed by atoms with Crippen LogP contribution in [0.25, 0.3) is 5.57 Å². The molecule has 3 rings (SSSR count). The Morgan fingerprint density at radius 3 is 2.70 bits per heavy atom. The van der Waals surface area contributed by atoms with Crippen LogP contribution in [0.3, 0.4) is 0 Å². The summed E-state index contributed by atoms with van der Waals surface area (Å²) < 4.78 is 5.41. The van der Waals surface area contributed by atoms with Crippen molar-refractivity contribution in [1.29, 1.82) is 0 Å². The van der Waals surface area contributed by atoms with Crippen molar-refractivity contribution in [1.82, 2.24) is 5.43 Å². The summed E-state index contributed by atoms with van der Waals surface area (Å²) in [6, 6.07) is 13.6. The molecule has 2 aromatic rings. The number of allylic oxidation sites excluding steroid dienone is 1. The molecule has 1 amide bonds. The van der Waals surface area contributed by atoms with E-state index in [0.717, 1.165) is 5.56 Å². The SMILES string of the molecule is CC1=CC(C)(C)N(C(C)C)c2ccc(/C=N\NC(=O)COc3ccccc3Cl)cc21. The highest BCUT2D eigenvalue weighted by molar-refractivity contribution is 6.32. The lowest BCUT2D eigenvalue weighted by molar-refractivity contribution is -0.123. The van der Waals surface area contributed by atoms with Crippen LogP contribution >= 0.6 is 11.6 Å². The Morgan fingerprint density at radius 2 is 2.00 bits per heavy atom. The van der Waals surface area contributed by atoms with Gasteiger partial charge in [-0.3, -0.25) is 4.79 Å². The fraction of sp³-hybridized carbons (Fsp3) is 0.333. The minimum atomic E-state index is -0.354. The summed E-state index contributed by atoms with van der Waals surface area (Å²) in [5, 5.41) is 4.53. The fourth-order valence-electron chi connectivity index (χ4n) is 4.01. The first kappa shape index (κ1) is 21.9. The van der Waals surface area contributed by atoms with Crippen molar-refractivity contribution in [2.45, 2.75) is 46.2 Å². The summed E-state index contributed by atoms with van der Waals surface area (Å²) in [5.74, 6) is 0.112. The van der Waals surface area contributed by atoms with E-state index in [1.54, 1.807) is 30.5 Å². The summed E-state index contributed by atoms with van der Waals surface area (Å²) in [5.41, 5.74) is 6.99. The lowest BCUT2D eigenvalue weighted by Crippen LogP contribution is -2.49. The second-order valence-electron chi connectivity index (χ2n) is 8.23. The number of hydrogen-bond donors (Lipinski definition) is 1. The molecule has 5 nitrogen and oxygen atoms in total. The molecule has 1 N–H and O–H groups in total. The van der Waals surface area contributed by atoms with Crippen LogP contribution in [0.5, 0.6) is 5.75 Å². The van der Waals surface area contributed by atoms with E-state index >= 15 is 0 Å². The topological polar surface area (TPSA) is 53.9 Å². The van der Waals surface area contributed by atoms with Gasteiger partial charge in [0.25, 0.3) is 5.91 Å². The highest BCUT2D eigenvalue weighted by atomic mass is 35.5. The minimum absolute atomic E-state index is 0.0452. The molecule has 0 fully saturated rings. The third-order valence-corrected chi connectivity index (χ3v) is 5.32. The largest absolute Gasteiger partial charge is 0.482 e. The van der Waals surface area contributed by atoms with E-state index in [4.69, 9.17) is 16.3 Å². The van der Waals surface area contributed by atoms with Gasteiger partial charge in [0.2, 0.25) is 0 Å². The third-order valence-electron chi connectivity index (χ3n) is 5.01. The summed E-state index contributed by atoms with van der Waals surface area (Å²) >= 11 is 6.01. The van der Waals surface area contributed by atoms with Crippen molar-refractivity contribution in [2.24, 2.45) is 5.10 Å². The monoisotopic (exact) mass is 425 g/mol. The molecule has 0 aliphatic carbocycles. The van der Waals surface area contributed by atoms with Crippen LogP contribution in [0.2, 0.25) is 5.02 Å². The summed E-state index contributed by atoms with van der Waals surface area (Å²) in [4.78, 5) is 14.4. The molecule has 1 heterocycles. The van der Waals surface area contributed by atoms with E-state index in [1.165, 1.54) is 16.8 Å². The maximum Gasteiger partial charge on any atom is 0.277 e. The molecule has 0 unspecified atom stereocenters. The van der Waals surface area contributed by atoms with Gasteiger partial charge in [0.15, 0.2) is 6.61 Å². The van der Waals surface area contributed by atoms with Gasteiger partial charge in [0.1, 0.15) is 5.75 Å². The fourth-order valence-corrected chi connectivity index (χ4v) is 4.20. The molecule has 0 saturated heterocycles. The number of fused-ring (bicyclic) bond motifs is 1. The number of anilines is 1. The van der Waals surface area contributed by atoms with Crippen LogP contribution in [0.4, 0.5) is 5.69 Å². The first-order chi connectivity index (χ1) is 14.2. The molecule has 30 heavy (non-hydrogen) atoms. The molecule has 158 valence electrons. The van der Waals surface area contributed by atoms with Crippen LogP contribution in [-0.4, -0.2) is 30.3 Å². The van der Waals surface area contributed by atoms with Crippen LogP contribution in [0.1, 0.15) is 45.7 Å². The summed E-state index contributed by atoms with van der Waals surface area (Å²) in [6.45, 7) is 10.8.